The normalized spacial score (nSPS) is 23.6. The maximum Gasteiger partial charge on any atom is 0.174 e. The summed E-state index contributed by atoms with van der Waals surface area (Å²) in [5.41, 5.74) is 4.71. The highest BCUT2D eigenvalue weighted by Gasteiger charge is 2.52. The Morgan fingerprint density at radius 2 is 1.25 bits per heavy atom. The quantitative estimate of drug-likeness (QED) is 0.134. The van der Waals surface area contributed by atoms with Gasteiger partial charge in [-0.3, -0.25) is 4.79 Å². The van der Waals surface area contributed by atoms with Crippen LogP contribution < -0.4 is 14.2 Å². The number of carbonyl (C=O) groups is 1. The largest absolute Gasteiger partial charge is 0.508 e. The molecule has 0 amide bonds. The first-order chi connectivity index (χ1) is 24.7. The standard InChI is InChI=1S/C42H38O9/c1-48-35-22-36-37(42-39(35)33(47)21-34(50-42)24-5-13-28(44)14-6-24)32-20-31(19-4-23-2-11-27(43)12-3-23)49-40(25-7-15-29(45)16-8-25)38(32)41(51-36)26-9-17-30(46)18-10-26/h2-3,5-18,22,31-32,34,38,40-41,43-46H,4,19-21H2,1H3/t31-,32-,34+,38-,40+,41-/m0/s1. The molecule has 0 aromatic heterocycles. The van der Waals surface area contributed by atoms with Gasteiger partial charge in [-0.15, -0.1) is 0 Å². The molecule has 9 nitrogen and oxygen atoms in total. The highest BCUT2D eigenvalue weighted by atomic mass is 16.5. The fourth-order valence-corrected chi connectivity index (χ4v) is 7.95. The van der Waals surface area contributed by atoms with Gasteiger partial charge in [0.25, 0.3) is 0 Å². The van der Waals surface area contributed by atoms with Crippen LogP contribution in [0.3, 0.4) is 0 Å². The first-order valence-corrected chi connectivity index (χ1v) is 17.2. The van der Waals surface area contributed by atoms with Crippen molar-refractivity contribution in [3.8, 4) is 40.2 Å². The summed E-state index contributed by atoms with van der Waals surface area (Å²) in [5.74, 6) is 1.33. The SMILES string of the molecule is COc1cc2c(c3c1C(=O)C[C@H](c1ccc(O)cc1)O3)[C@@H]1C[C@H](CCc3ccc(O)cc3)O[C@H](c3ccc(O)cc3)[C@H]1[C@H](c1ccc(O)cc1)O2. The maximum atomic E-state index is 14.0. The Morgan fingerprint density at radius 1 is 0.706 bits per heavy atom. The van der Waals surface area contributed by atoms with Crippen molar-refractivity contribution >= 4 is 5.78 Å². The molecule has 51 heavy (non-hydrogen) atoms. The lowest BCUT2D eigenvalue weighted by molar-refractivity contribution is -0.134. The molecular weight excluding hydrogens is 648 g/mol. The summed E-state index contributed by atoms with van der Waals surface area (Å²) in [6.07, 6.45) is 0.309. The Hall–Kier alpha value is -5.67. The molecule has 5 aromatic carbocycles. The molecule has 8 rings (SSSR count). The first kappa shape index (κ1) is 32.5. The summed E-state index contributed by atoms with van der Waals surface area (Å²) >= 11 is 0. The van der Waals surface area contributed by atoms with E-state index in [4.69, 9.17) is 18.9 Å². The number of rotatable bonds is 7. The molecular formula is C42H38O9. The van der Waals surface area contributed by atoms with Crippen molar-refractivity contribution < 1.29 is 44.2 Å². The van der Waals surface area contributed by atoms with E-state index in [2.05, 4.69) is 0 Å². The lowest BCUT2D eigenvalue weighted by Gasteiger charge is -2.50. The van der Waals surface area contributed by atoms with Crippen molar-refractivity contribution in [3.63, 3.8) is 0 Å². The van der Waals surface area contributed by atoms with Gasteiger partial charge in [0.1, 0.15) is 58.0 Å². The van der Waals surface area contributed by atoms with Crippen molar-refractivity contribution in [2.75, 3.05) is 7.11 Å². The van der Waals surface area contributed by atoms with Crippen molar-refractivity contribution in [2.24, 2.45) is 5.92 Å². The van der Waals surface area contributed by atoms with E-state index in [0.29, 0.717) is 42.1 Å². The Morgan fingerprint density at radius 3 is 1.84 bits per heavy atom. The molecule has 6 atom stereocenters. The number of hydrogen-bond donors (Lipinski definition) is 4. The lowest BCUT2D eigenvalue weighted by Crippen LogP contribution is -2.43. The van der Waals surface area contributed by atoms with Gasteiger partial charge in [-0.05, 0) is 90.0 Å². The highest BCUT2D eigenvalue weighted by molar-refractivity contribution is 6.03. The third-order valence-corrected chi connectivity index (χ3v) is 10.4. The van der Waals surface area contributed by atoms with Crippen LogP contribution in [0.15, 0.2) is 103 Å². The van der Waals surface area contributed by atoms with Gasteiger partial charge in [-0.1, -0.05) is 48.5 Å². The maximum absolute atomic E-state index is 14.0. The van der Waals surface area contributed by atoms with E-state index in [9.17, 15) is 25.2 Å². The van der Waals surface area contributed by atoms with Crippen molar-refractivity contribution in [2.45, 2.75) is 56.0 Å². The first-order valence-electron chi connectivity index (χ1n) is 17.2. The van der Waals surface area contributed by atoms with Gasteiger partial charge < -0.3 is 39.4 Å². The van der Waals surface area contributed by atoms with Gasteiger partial charge in [0.2, 0.25) is 0 Å². The molecule has 1 saturated heterocycles. The second-order valence-corrected chi connectivity index (χ2v) is 13.5. The fourth-order valence-electron chi connectivity index (χ4n) is 7.95. The van der Waals surface area contributed by atoms with Gasteiger partial charge >= 0.3 is 0 Å². The van der Waals surface area contributed by atoms with Gasteiger partial charge in [-0.2, -0.15) is 0 Å². The van der Waals surface area contributed by atoms with Crippen molar-refractivity contribution in [3.05, 3.63) is 137 Å². The minimum atomic E-state index is -0.590. The topological polar surface area (TPSA) is 135 Å². The average Bonchev–Trinajstić information content (AvgIpc) is 3.14. The van der Waals surface area contributed by atoms with E-state index in [1.54, 1.807) is 66.7 Å². The summed E-state index contributed by atoms with van der Waals surface area (Å²) in [4.78, 5) is 14.0. The van der Waals surface area contributed by atoms with Crippen molar-refractivity contribution in [1.29, 1.82) is 0 Å². The van der Waals surface area contributed by atoms with E-state index in [1.807, 2.05) is 36.4 Å². The number of benzene rings is 5. The summed E-state index contributed by atoms with van der Waals surface area (Å²) in [6.45, 7) is 0. The minimum Gasteiger partial charge on any atom is -0.508 e. The van der Waals surface area contributed by atoms with E-state index in [1.165, 1.54) is 7.11 Å². The fraction of sp³-hybridized carbons (Fsp3) is 0.262. The Bertz CT molecular complexity index is 2040. The Balaban J connectivity index is 1.28. The second kappa shape index (κ2) is 13.2. The Kier molecular flexibility index (Phi) is 8.44. The van der Waals surface area contributed by atoms with E-state index in [-0.39, 0.29) is 53.1 Å². The molecule has 0 radical (unpaired) electrons. The van der Waals surface area contributed by atoms with Crippen LogP contribution in [0.25, 0.3) is 0 Å². The number of fused-ring (bicyclic) bond motifs is 5. The number of Topliss-reactive ketones (excluding diaryl/α,β-unsaturated/α-hetero) is 1. The molecule has 0 unspecified atom stereocenters. The molecule has 9 heteroatoms. The van der Waals surface area contributed by atoms with Crippen LogP contribution in [0.4, 0.5) is 0 Å². The number of ether oxygens (including phenoxy) is 4. The highest BCUT2D eigenvalue weighted by Crippen LogP contribution is 2.61. The summed E-state index contributed by atoms with van der Waals surface area (Å²) in [5, 5.41) is 40.2. The number of phenols is 4. The van der Waals surface area contributed by atoms with Crippen LogP contribution in [-0.4, -0.2) is 39.4 Å². The molecule has 0 spiro atoms. The number of carbonyl (C=O) groups excluding carboxylic acids is 1. The van der Waals surface area contributed by atoms with Crippen molar-refractivity contribution in [1.82, 2.24) is 0 Å². The molecule has 3 heterocycles. The summed E-state index contributed by atoms with van der Waals surface area (Å²) in [6, 6.07) is 29.7. The predicted molar refractivity (Wildman–Crippen MR) is 188 cm³/mol. The van der Waals surface area contributed by atoms with Gasteiger partial charge in [-0.25, -0.2) is 0 Å². The van der Waals surface area contributed by atoms with Crippen LogP contribution in [0.5, 0.6) is 40.2 Å². The van der Waals surface area contributed by atoms with Crippen LogP contribution in [0, 0.1) is 5.92 Å². The summed E-state index contributed by atoms with van der Waals surface area (Å²) < 4.78 is 26.6. The monoisotopic (exact) mass is 686 g/mol. The second-order valence-electron chi connectivity index (χ2n) is 13.5. The summed E-state index contributed by atoms with van der Waals surface area (Å²) in [7, 11) is 1.53. The zero-order chi connectivity index (χ0) is 35.2. The number of hydrogen-bond acceptors (Lipinski definition) is 9. The van der Waals surface area contributed by atoms with Gasteiger partial charge in [0.05, 0.1) is 25.7 Å². The molecule has 260 valence electrons. The van der Waals surface area contributed by atoms with E-state index >= 15 is 0 Å². The molecule has 0 saturated carbocycles. The number of phenolic OH excluding ortho intramolecular Hbond substituents is 4. The van der Waals surface area contributed by atoms with Crippen LogP contribution in [-0.2, 0) is 11.2 Å². The third-order valence-electron chi connectivity index (χ3n) is 10.4. The number of aromatic hydroxyl groups is 4. The molecule has 0 aliphatic carbocycles. The predicted octanol–water partition coefficient (Wildman–Crippen LogP) is 8.22. The molecule has 5 aromatic rings. The molecule has 1 fully saturated rings. The average molecular weight is 687 g/mol. The smallest absolute Gasteiger partial charge is 0.174 e. The molecule has 3 aliphatic rings. The van der Waals surface area contributed by atoms with E-state index < -0.39 is 18.3 Å². The Labute approximate surface area is 295 Å². The lowest BCUT2D eigenvalue weighted by atomic mass is 9.68. The molecule has 0 bridgehead atoms. The van der Waals surface area contributed by atoms with Gasteiger partial charge in [0, 0.05) is 23.5 Å². The zero-order valence-electron chi connectivity index (χ0n) is 27.9. The molecule has 3 aliphatic heterocycles. The van der Waals surface area contributed by atoms with Crippen LogP contribution in [0.2, 0.25) is 0 Å². The number of ketones is 1. The minimum absolute atomic E-state index is 0.104. The number of methoxy groups -OCH3 is 1. The number of aryl methyl sites for hydroxylation is 1. The third kappa shape index (κ3) is 6.18. The molecule has 4 N–H and O–H groups in total. The van der Waals surface area contributed by atoms with Crippen LogP contribution >= 0.6 is 0 Å². The zero-order valence-corrected chi connectivity index (χ0v) is 27.9. The van der Waals surface area contributed by atoms with Crippen LogP contribution in [0.1, 0.15) is 81.7 Å². The van der Waals surface area contributed by atoms with E-state index in [0.717, 1.165) is 27.8 Å². The van der Waals surface area contributed by atoms with Gasteiger partial charge in [0.15, 0.2) is 5.78 Å².